The molecule has 0 radical (unpaired) electrons. The molecule has 2 aliphatic heterocycles. The lowest BCUT2D eigenvalue weighted by Gasteiger charge is -2.28. The number of methoxy groups -OCH3 is 1. The molecule has 0 aliphatic carbocycles. The number of hydrogen-bond acceptors (Lipinski definition) is 6. The van der Waals surface area contributed by atoms with Crippen LogP contribution in [0.5, 0.6) is 5.75 Å². The molecule has 2 fully saturated rings. The van der Waals surface area contributed by atoms with Crippen LogP contribution >= 0.6 is 0 Å². The Kier molecular flexibility index (Phi) is 2.55. The van der Waals surface area contributed by atoms with Gasteiger partial charge in [-0.2, -0.15) is 0 Å². The molecular weight excluding hydrogens is 238 g/mol. The van der Waals surface area contributed by atoms with Crippen LogP contribution in [-0.2, 0) is 4.74 Å². The Hall–Kier alpha value is -1.89. The minimum absolute atomic E-state index is 0.0591. The number of hydrogen-bond donors (Lipinski definition) is 0. The fourth-order valence-corrected chi connectivity index (χ4v) is 2.55. The molecule has 96 valence electrons. The van der Waals surface area contributed by atoms with Gasteiger partial charge in [0, 0.05) is 6.54 Å². The van der Waals surface area contributed by atoms with Gasteiger partial charge in [0.1, 0.15) is 6.20 Å². The highest BCUT2D eigenvalue weighted by Gasteiger charge is 2.40. The number of nitro groups is 1. The molecule has 3 rings (SSSR count). The summed E-state index contributed by atoms with van der Waals surface area (Å²) in [5, 5.41) is 10.7. The van der Waals surface area contributed by atoms with Crippen LogP contribution < -0.4 is 9.64 Å². The summed E-state index contributed by atoms with van der Waals surface area (Å²) in [6.07, 6.45) is 2.50. The fraction of sp³-hybridized carbons (Fsp3) is 0.545. The van der Waals surface area contributed by atoms with Crippen LogP contribution in [-0.4, -0.2) is 42.3 Å². The van der Waals surface area contributed by atoms with Gasteiger partial charge in [0.2, 0.25) is 0 Å². The second-order valence-corrected chi connectivity index (χ2v) is 4.47. The standard InChI is InChI=1S/C11H13N3O4/c1-17-10-3-7(14(15)16)4-12-11(10)13-5-9-2-8(13)6-18-9/h3-4,8-9H,2,5-6H2,1H3/t8-,9-/m1/s1. The van der Waals surface area contributed by atoms with Crippen molar-refractivity contribution in [3.05, 3.63) is 22.4 Å². The highest BCUT2D eigenvalue weighted by atomic mass is 16.6. The van der Waals surface area contributed by atoms with Gasteiger partial charge >= 0.3 is 0 Å². The van der Waals surface area contributed by atoms with Crippen LogP contribution in [0.2, 0.25) is 0 Å². The predicted molar refractivity (Wildman–Crippen MR) is 62.9 cm³/mol. The first-order chi connectivity index (χ1) is 8.69. The molecule has 3 heterocycles. The molecule has 0 spiro atoms. The number of rotatable bonds is 3. The van der Waals surface area contributed by atoms with Crippen LogP contribution in [0.3, 0.4) is 0 Å². The molecule has 7 heteroatoms. The average Bonchev–Trinajstić information content (AvgIpc) is 3.00. The van der Waals surface area contributed by atoms with Gasteiger partial charge in [0.05, 0.1) is 36.9 Å². The van der Waals surface area contributed by atoms with Crippen molar-refractivity contribution < 1.29 is 14.4 Å². The Morgan fingerprint density at radius 2 is 2.50 bits per heavy atom. The highest BCUT2D eigenvalue weighted by Crippen LogP contribution is 2.37. The van der Waals surface area contributed by atoms with Crippen LogP contribution in [0.4, 0.5) is 11.5 Å². The van der Waals surface area contributed by atoms with Crippen LogP contribution in [0.25, 0.3) is 0 Å². The van der Waals surface area contributed by atoms with Gasteiger partial charge in [-0.25, -0.2) is 4.98 Å². The van der Waals surface area contributed by atoms with Gasteiger partial charge in [-0.05, 0) is 6.42 Å². The van der Waals surface area contributed by atoms with Crippen molar-refractivity contribution in [2.75, 3.05) is 25.2 Å². The van der Waals surface area contributed by atoms with E-state index in [1.807, 2.05) is 0 Å². The molecule has 0 unspecified atom stereocenters. The summed E-state index contributed by atoms with van der Waals surface area (Å²) >= 11 is 0. The largest absolute Gasteiger partial charge is 0.493 e. The van der Waals surface area contributed by atoms with E-state index in [0.29, 0.717) is 24.2 Å². The lowest BCUT2D eigenvalue weighted by atomic mass is 10.2. The topological polar surface area (TPSA) is 77.7 Å². The van der Waals surface area contributed by atoms with Gasteiger partial charge in [0.15, 0.2) is 11.6 Å². The Labute approximate surface area is 103 Å². The van der Waals surface area contributed by atoms with Crippen molar-refractivity contribution in [1.82, 2.24) is 4.98 Å². The molecule has 7 nitrogen and oxygen atoms in total. The molecule has 0 aromatic carbocycles. The van der Waals surface area contributed by atoms with Gasteiger partial charge in [-0.15, -0.1) is 0 Å². The SMILES string of the molecule is COc1cc([N+](=O)[O-])cnc1N1C[C@H]2C[C@@H]1CO2. The van der Waals surface area contributed by atoms with Crippen molar-refractivity contribution in [2.24, 2.45) is 0 Å². The summed E-state index contributed by atoms with van der Waals surface area (Å²) in [6, 6.07) is 1.72. The zero-order valence-corrected chi connectivity index (χ0v) is 9.91. The van der Waals surface area contributed by atoms with E-state index >= 15 is 0 Å². The molecular formula is C11H13N3O4. The van der Waals surface area contributed by atoms with Crippen LogP contribution in [0.1, 0.15) is 6.42 Å². The van der Waals surface area contributed by atoms with E-state index in [1.165, 1.54) is 19.4 Å². The molecule has 0 N–H and O–H groups in total. The first kappa shape index (κ1) is 11.2. The average molecular weight is 251 g/mol. The Bertz CT molecular complexity index is 493. The maximum Gasteiger partial charge on any atom is 0.291 e. The fourth-order valence-electron chi connectivity index (χ4n) is 2.55. The Balaban J connectivity index is 1.94. The van der Waals surface area contributed by atoms with E-state index < -0.39 is 4.92 Å². The number of aromatic nitrogens is 1. The molecule has 2 saturated heterocycles. The summed E-state index contributed by atoms with van der Waals surface area (Å²) in [5.74, 6) is 1.11. The van der Waals surface area contributed by atoms with Crippen molar-refractivity contribution in [2.45, 2.75) is 18.6 Å². The van der Waals surface area contributed by atoms with E-state index in [9.17, 15) is 10.1 Å². The molecule has 1 aromatic heterocycles. The summed E-state index contributed by atoms with van der Waals surface area (Å²) < 4.78 is 10.7. The number of fused-ring (bicyclic) bond motifs is 2. The lowest BCUT2D eigenvalue weighted by molar-refractivity contribution is -0.385. The van der Waals surface area contributed by atoms with Gasteiger partial charge in [-0.3, -0.25) is 10.1 Å². The van der Waals surface area contributed by atoms with Gasteiger partial charge in [-0.1, -0.05) is 0 Å². The second kappa shape index (κ2) is 4.09. The lowest BCUT2D eigenvalue weighted by Crippen LogP contribution is -2.37. The number of morpholine rings is 1. The summed E-state index contributed by atoms with van der Waals surface area (Å²) in [6.45, 7) is 1.46. The molecule has 2 aliphatic rings. The smallest absolute Gasteiger partial charge is 0.291 e. The first-order valence-electron chi connectivity index (χ1n) is 5.75. The zero-order chi connectivity index (χ0) is 12.7. The minimum atomic E-state index is -0.474. The van der Waals surface area contributed by atoms with Gasteiger partial charge in [0.25, 0.3) is 5.69 Å². The van der Waals surface area contributed by atoms with E-state index in [4.69, 9.17) is 9.47 Å². The normalized spacial score (nSPS) is 25.5. The maximum absolute atomic E-state index is 10.7. The summed E-state index contributed by atoms with van der Waals surface area (Å²) in [4.78, 5) is 16.5. The molecule has 18 heavy (non-hydrogen) atoms. The first-order valence-corrected chi connectivity index (χ1v) is 5.75. The van der Waals surface area contributed by atoms with Gasteiger partial charge < -0.3 is 14.4 Å². The molecule has 1 aromatic rings. The van der Waals surface area contributed by atoms with Crippen molar-refractivity contribution in [3.8, 4) is 5.75 Å². The monoisotopic (exact) mass is 251 g/mol. The highest BCUT2D eigenvalue weighted by molar-refractivity contribution is 5.58. The number of nitrogens with zero attached hydrogens (tertiary/aromatic N) is 3. The third-order valence-corrected chi connectivity index (χ3v) is 3.42. The quantitative estimate of drug-likeness (QED) is 0.588. The molecule has 0 amide bonds. The third kappa shape index (κ3) is 1.67. The van der Waals surface area contributed by atoms with E-state index in [2.05, 4.69) is 9.88 Å². The Morgan fingerprint density at radius 1 is 1.67 bits per heavy atom. The molecule has 2 bridgehead atoms. The van der Waals surface area contributed by atoms with E-state index in [0.717, 1.165) is 13.0 Å². The Morgan fingerprint density at radius 3 is 3.06 bits per heavy atom. The molecule has 2 atom stereocenters. The zero-order valence-electron chi connectivity index (χ0n) is 9.91. The number of ether oxygens (including phenoxy) is 2. The van der Waals surface area contributed by atoms with Crippen molar-refractivity contribution >= 4 is 11.5 Å². The van der Waals surface area contributed by atoms with Crippen molar-refractivity contribution in [3.63, 3.8) is 0 Å². The number of pyridine rings is 1. The summed E-state index contributed by atoms with van der Waals surface area (Å²) in [5.41, 5.74) is -0.0591. The van der Waals surface area contributed by atoms with Crippen molar-refractivity contribution in [1.29, 1.82) is 0 Å². The van der Waals surface area contributed by atoms with E-state index in [1.54, 1.807) is 0 Å². The minimum Gasteiger partial charge on any atom is -0.493 e. The third-order valence-electron chi connectivity index (χ3n) is 3.42. The predicted octanol–water partition coefficient (Wildman–Crippen LogP) is 0.976. The van der Waals surface area contributed by atoms with Crippen LogP contribution in [0.15, 0.2) is 12.3 Å². The van der Waals surface area contributed by atoms with Crippen LogP contribution in [0, 0.1) is 10.1 Å². The second-order valence-electron chi connectivity index (χ2n) is 4.47. The van der Waals surface area contributed by atoms with E-state index in [-0.39, 0.29) is 11.8 Å². The molecule has 0 saturated carbocycles. The number of anilines is 1. The summed E-state index contributed by atoms with van der Waals surface area (Å²) in [7, 11) is 1.50. The maximum atomic E-state index is 10.7.